The van der Waals surface area contributed by atoms with E-state index in [2.05, 4.69) is 38.0 Å². The lowest BCUT2D eigenvalue weighted by molar-refractivity contribution is 0.665. The van der Waals surface area contributed by atoms with E-state index >= 15 is 0 Å². The Balaban J connectivity index is 2.60. The number of nitrogens with one attached hydrogen (secondary N) is 1. The van der Waals surface area contributed by atoms with Crippen molar-refractivity contribution in [1.29, 1.82) is 0 Å². The minimum Gasteiger partial charge on any atom is -0.365 e. The first-order valence-corrected chi connectivity index (χ1v) is 4.39. The van der Waals surface area contributed by atoms with Gasteiger partial charge >= 0.3 is 0 Å². The van der Waals surface area contributed by atoms with Gasteiger partial charge in [0.15, 0.2) is 0 Å². The van der Waals surface area contributed by atoms with Crippen LogP contribution in [0.2, 0.25) is 0 Å². The highest BCUT2D eigenvalue weighted by molar-refractivity contribution is 5.19. The van der Waals surface area contributed by atoms with Crippen molar-refractivity contribution in [3.63, 3.8) is 0 Å². The normalized spacial score (nSPS) is 13.4. The zero-order valence-corrected chi connectivity index (χ0v) is 7.65. The van der Waals surface area contributed by atoms with Gasteiger partial charge in [-0.3, -0.25) is 0 Å². The molecule has 0 saturated carbocycles. The summed E-state index contributed by atoms with van der Waals surface area (Å²) >= 11 is 0. The van der Waals surface area contributed by atoms with E-state index in [-0.39, 0.29) is 0 Å². The van der Waals surface area contributed by atoms with Crippen LogP contribution in [0.5, 0.6) is 0 Å². The summed E-state index contributed by atoms with van der Waals surface area (Å²) in [6, 6.07) is 2.24. The van der Waals surface area contributed by atoms with Gasteiger partial charge in [-0.15, -0.1) is 0 Å². The third-order valence-corrected chi connectivity index (χ3v) is 2.14. The standard InChI is InChI=1S/C10H17N/c1-4-5-8(2)10-6-9(3)11-7-10/h6-8,11H,4-5H2,1-3H3/t8-/m1/s1. The molecule has 1 atom stereocenters. The first-order valence-electron chi connectivity index (χ1n) is 4.39. The number of H-pyrrole nitrogens is 1. The molecule has 0 aliphatic rings. The Labute approximate surface area is 68.8 Å². The lowest BCUT2D eigenvalue weighted by atomic mass is 9.99. The molecule has 0 fully saturated rings. The van der Waals surface area contributed by atoms with Crippen molar-refractivity contribution in [3.05, 3.63) is 23.5 Å². The van der Waals surface area contributed by atoms with E-state index in [0.717, 1.165) is 0 Å². The van der Waals surface area contributed by atoms with Crippen LogP contribution in [-0.2, 0) is 0 Å². The SMILES string of the molecule is CCC[C@@H](C)c1c[nH]c(C)c1. The Morgan fingerprint density at radius 3 is 2.73 bits per heavy atom. The molecule has 1 nitrogen and oxygen atoms in total. The molecule has 0 aliphatic carbocycles. The molecule has 0 aliphatic heterocycles. The highest BCUT2D eigenvalue weighted by Gasteiger charge is 2.04. The fraction of sp³-hybridized carbons (Fsp3) is 0.600. The van der Waals surface area contributed by atoms with Gasteiger partial charge < -0.3 is 4.98 Å². The van der Waals surface area contributed by atoms with Gasteiger partial charge in [-0.1, -0.05) is 20.3 Å². The summed E-state index contributed by atoms with van der Waals surface area (Å²) in [5.74, 6) is 0.713. The summed E-state index contributed by atoms with van der Waals surface area (Å²) in [7, 11) is 0. The van der Waals surface area contributed by atoms with Crippen molar-refractivity contribution in [2.75, 3.05) is 0 Å². The van der Waals surface area contributed by atoms with Crippen molar-refractivity contribution in [3.8, 4) is 0 Å². The van der Waals surface area contributed by atoms with E-state index in [4.69, 9.17) is 0 Å². The highest BCUT2D eigenvalue weighted by atomic mass is 14.7. The third kappa shape index (κ3) is 2.11. The first kappa shape index (κ1) is 8.38. The van der Waals surface area contributed by atoms with E-state index < -0.39 is 0 Å². The molecule has 0 spiro atoms. The second kappa shape index (κ2) is 3.61. The maximum Gasteiger partial charge on any atom is 0.0118 e. The molecule has 0 aromatic carbocycles. The van der Waals surface area contributed by atoms with Gasteiger partial charge in [-0.2, -0.15) is 0 Å². The predicted molar refractivity (Wildman–Crippen MR) is 48.9 cm³/mol. The molecular formula is C10H17N. The second-order valence-corrected chi connectivity index (χ2v) is 3.31. The monoisotopic (exact) mass is 151 g/mol. The molecular weight excluding hydrogens is 134 g/mol. The molecule has 1 aromatic rings. The lowest BCUT2D eigenvalue weighted by Gasteiger charge is -2.05. The average molecular weight is 151 g/mol. The largest absolute Gasteiger partial charge is 0.365 e. The summed E-state index contributed by atoms with van der Waals surface area (Å²) in [6.45, 7) is 6.62. The van der Waals surface area contributed by atoms with E-state index in [1.807, 2.05) is 0 Å². The van der Waals surface area contributed by atoms with Gasteiger partial charge in [-0.05, 0) is 30.9 Å². The zero-order valence-electron chi connectivity index (χ0n) is 7.65. The summed E-state index contributed by atoms with van der Waals surface area (Å²) in [5, 5.41) is 0. The van der Waals surface area contributed by atoms with E-state index in [0.29, 0.717) is 5.92 Å². The van der Waals surface area contributed by atoms with Crippen LogP contribution in [0.4, 0.5) is 0 Å². The average Bonchev–Trinajstić information content (AvgIpc) is 2.36. The summed E-state index contributed by atoms with van der Waals surface area (Å²) in [4.78, 5) is 3.21. The van der Waals surface area contributed by atoms with Gasteiger partial charge in [0.05, 0.1) is 0 Å². The van der Waals surface area contributed by atoms with Crippen molar-refractivity contribution in [2.24, 2.45) is 0 Å². The third-order valence-electron chi connectivity index (χ3n) is 2.14. The minimum atomic E-state index is 0.713. The molecule has 11 heavy (non-hydrogen) atoms. The van der Waals surface area contributed by atoms with Crippen LogP contribution in [0, 0.1) is 6.92 Å². The van der Waals surface area contributed by atoms with Crippen LogP contribution in [0.3, 0.4) is 0 Å². The number of hydrogen-bond acceptors (Lipinski definition) is 0. The topological polar surface area (TPSA) is 15.8 Å². The van der Waals surface area contributed by atoms with Gasteiger partial charge in [0.2, 0.25) is 0 Å². The fourth-order valence-electron chi connectivity index (χ4n) is 1.41. The number of rotatable bonds is 3. The Kier molecular flexibility index (Phi) is 2.75. The minimum absolute atomic E-state index is 0.713. The molecule has 1 heterocycles. The van der Waals surface area contributed by atoms with E-state index in [1.54, 1.807) is 0 Å². The van der Waals surface area contributed by atoms with E-state index in [1.165, 1.54) is 24.1 Å². The van der Waals surface area contributed by atoms with E-state index in [9.17, 15) is 0 Å². The molecule has 62 valence electrons. The molecule has 1 heteroatoms. The maximum atomic E-state index is 3.21. The molecule has 0 unspecified atom stereocenters. The summed E-state index contributed by atoms with van der Waals surface area (Å²) in [6.07, 6.45) is 4.68. The highest BCUT2D eigenvalue weighted by Crippen LogP contribution is 2.20. The smallest absolute Gasteiger partial charge is 0.0118 e. The quantitative estimate of drug-likeness (QED) is 0.682. The second-order valence-electron chi connectivity index (χ2n) is 3.31. The maximum absolute atomic E-state index is 3.21. The number of aromatic amines is 1. The Morgan fingerprint density at radius 2 is 2.27 bits per heavy atom. The lowest BCUT2D eigenvalue weighted by Crippen LogP contribution is -1.89. The van der Waals surface area contributed by atoms with Crippen LogP contribution in [0.1, 0.15) is 43.9 Å². The molecule has 0 bridgehead atoms. The number of hydrogen-bond donors (Lipinski definition) is 1. The van der Waals surface area contributed by atoms with Crippen molar-refractivity contribution < 1.29 is 0 Å². The molecule has 1 aromatic heterocycles. The van der Waals surface area contributed by atoms with Crippen LogP contribution < -0.4 is 0 Å². The van der Waals surface area contributed by atoms with Crippen LogP contribution in [0.15, 0.2) is 12.3 Å². The molecule has 1 N–H and O–H groups in total. The number of aryl methyl sites for hydroxylation is 1. The van der Waals surface area contributed by atoms with Crippen LogP contribution in [-0.4, -0.2) is 4.98 Å². The zero-order chi connectivity index (χ0) is 8.27. The molecule has 0 radical (unpaired) electrons. The van der Waals surface area contributed by atoms with Gasteiger partial charge in [0.1, 0.15) is 0 Å². The molecule has 0 amide bonds. The van der Waals surface area contributed by atoms with Crippen molar-refractivity contribution in [1.82, 2.24) is 4.98 Å². The Hall–Kier alpha value is -0.720. The van der Waals surface area contributed by atoms with Gasteiger partial charge in [-0.25, -0.2) is 0 Å². The summed E-state index contributed by atoms with van der Waals surface area (Å²) in [5.41, 5.74) is 2.72. The fourth-order valence-corrected chi connectivity index (χ4v) is 1.41. The van der Waals surface area contributed by atoms with Gasteiger partial charge in [0, 0.05) is 11.9 Å². The summed E-state index contributed by atoms with van der Waals surface area (Å²) < 4.78 is 0. The predicted octanol–water partition coefficient (Wildman–Crippen LogP) is 3.23. The molecule has 0 saturated heterocycles. The van der Waals surface area contributed by atoms with Gasteiger partial charge in [0.25, 0.3) is 0 Å². The van der Waals surface area contributed by atoms with Crippen molar-refractivity contribution >= 4 is 0 Å². The Morgan fingerprint density at radius 1 is 1.55 bits per heavy atom. The van der Waals surface area contributed by atoms with Crippen LogP contribution >= 0.6 is 0 Å². The Bertz CT molecular complexity index is 212. The van der Waals surface area contributed by atoms with Crippen LogP contribution in [0.25, 0.3) is 0 Å². The number of aromatic nitrogens is 1. The molecule has 1 rings (SSSR count). The van der Waals surface area contributed by atoms with Crippen molar-refractivity contribution in [2.45, 2.75) is 39.5 Å². The first-order chi connectivity index (χ1) is 5.24.